The highest BCUT2D eigenvalue weighted by atomic mass is 79.9. The zero-order valence-electron chi connectivity index (χ0n) is 11.5. The van der Waals surface area contributed by atoms with Crippen LogP contribution in [0.1, 0.15) is 5.56 Å². The molecule has 0 fully saturated rings. The van der Waals surface area contributed by atoms with E-state index in [9.17, 15) is 21.6 Å². The number of nitrogens with zero attached hydrogens (tertiary/aromatic N) is 2. The van der Waals surface area contributed by atoms with Crippen LogP contribution in [0, 0.1) is 0 Å². The molecular weight excluding hydrogens is 421 g/mol. The second-order valence-electron chi connectivity index (χ2n) is 4.45. The molecule has 0 amide bonds. The van der Waals surface area contributed by atoms with Crippen molar-refractivity contribution in [1.29, 1.82) is 0 Å². The van der Waals surface area contributed by atoms with E-state index in [0.29, 0.717) is 14.8 Å². The highest BCUT2D eigenvalue weighted by Gasteiger charge is 2.39. The third-order valence-corrected chi connectivity index (χ3v) is 5.44. The summed E-state index contributed by atoms with van der Waals surface area (Å²) < 4.78 is 65.7. The Hall–Kier alpha value is -1.32. The van der Waals surface area contributed by atoms with Gasteiger partial charge in [0.25, 0.3) is 10.0 Å². The van der Waals surface area contributed by atoms with Gasteiger partial charge in [0.2, 0.25) is 0 Å². The van der Waals surface area contributed by atoms with Gasteiger partial charge in [-0.05, 0) is 46.3 Å². The first-order chi connectivity index (χ1) is 10.5. The highest BCUT2D eigenvalue weighted by molar-refractivity contribution is 9.10. The van der Waals surface area contributed by atoms with E-state index in [2.05, 4.69) is 20.9 Å². The molecule has 0 aliphatic rings. The normalized spacial score (nSPS) is 12.3. The molecule has 1 aromatic heterocycles. The van der Waals surface area contributed by atoms with Crippen LogP contribution >= 0.6 is 27.5 Å². The van der Waals surface area contributed by atoms with Crippen molar-refractivity contribution in [1.82, 2.24) is 4.98 Å². The first-order valence-electron chi connectivity index (χ1n) is 6.00. The molecule has 0 spiro atoms. The molecule has 10 heteroatoms. The van der Waals surface area contributed by atoms with E-state index in [-0.39, 0.29) is 10.8 Å². The molecule has 23 heavy (non-hydrogen) atoms. The van der Waals surface area contributed by atoms with Crippen LogP contribution in [0.5, 0.6) is 0 Å². The van der Waals surface area contributed by atoms with Crippen molar-refractivity contribution >= 4 is 43.4 Å². The molecule has 1 aromatic carbocycles. The van der Waals surface area contributed by atoms with Gasteiger partial charge in [-0.1, -0.05) is 11.6 Å². The van der Waals surface area contributed by atoms with Gasteiger partial charge in [-0.15, -0.1) is 0 Å². The minimum absolute atomic E-state index is 0.0173. The van der Waals surface area contributed by atoms with Crippen molar-refractivity contribution in [3.8, 4) is 0 Å². The fourth-order valence-electron chi connectivity index (χ4n) is 1.77. The highest BCUT2D eigenvalue weighted by Crippen LogP contribution is 2.37. The number of anilines is 1. The Kier molecular flexibility index (Phi) is 4.93. The maximum Gasteiger partial charge on any atom is 0.417 e. The molecule has 0 aliphatic heterocycles. The Morgan fingerprint density at radius 3 is 2.39 bits per heavy atom. The van der Waals surface area contributed by atoms with Gasteiger partial charge in [0.1, 0.15) is 5.82 Å². The predicted octanol–water partition coefficient (Wildman–Crippen LogP) is 4.34. The van der Waals surface area contributed by atoms with Crippen molar-refractivity contribution in [3.05, 3.63) is 51.6 Å². The Morgan fingerprint density at radius 2 is 1.87 bits per heavy atom. The zero-order chi connectivity index (χ0) is 17.4. The van der Waals surface area contributed by atoms with E-state index in [4.69, 9.17) is 11.6 Å². The molecule has 0 atom stereocenters. The standard InChI is InChI=1S/C13H9BrClF3N2O2S/c1-20(12-5-2-8(14)7-19-12)23(21,22)11-4-3-9(15)6-10(11)13(16,17)18/h2-7H,1H3. The largest absolute Gasteiger partial charge is 0.417 e. The summed E-state index contributed by atoms with van der Waals surface area (Å²) >= 11 is 8.70. The van der Waals surface area contributed by atoms with Gasteiger partial charge in [-0.2, -0.15) is 13.2 Å². The summed E-state index contributed by atoms with van der Waals surface area (Å²) in [5.74, 6) is -0.0173. The Morgan fingerprint density at radius 1 is 1.22 bits per heavy atom. The molecule has 0 saturated carbocycles. The number of hydrogen-bond acceptors (Lipinski definition) is 3. The fraction of sp³-hybridized carbons (Fsp3) is 0.154. The van der Waals surface area contributed by atoms with Gasteiger partial charge in [-0.25, -0.2) is 13.4 Å². The topological polar surface area (TPSA) is 50.3 Å². The van der Waals surface area contributed by atoms with Gasteiger partial charge in [-0.3, -0.25) is 4.31 Å². The lowest BCUT2D eigenvalue weighted by Crippen LogP contribution is -2.29. The molecule has 0 unspecified atom stereocenters. The second kappa shape index (κ2) is 6.29. The third-order valence-electron chi connectivity index (χ3n) is 2.92. The van der Waals surface area contributed by atoms with Gasteiger partial charge in [0.05, 0.1) is 10.5 Å². The maximum absolute atomic E-state index is 13.1. The molecule has 2 rings (SSSR count). The van der Waals surface area contributed by atoms with Crippen LogP contribution < -0.4 is 4.31 Å². The van der Waals surface area contributed by atoms with Crippen molar-refractivity contribution in [2.75, 3.05) is 11.4 Å². The monoisotopic (exact) mass is 428 g/mol. The van der Waals surface area contributed by atoms with Gasteiger partial charge in [0.15, 0.2) is 0 Å². The summed E-state index contributed by atoms with van der Waals surface area (Å²) in [6.45, 7) is 0. The van der Waals surface area contributed by atoms with Gasteiger partial charge < -0.3 is 0 Å². The number of benzene rings is 1. The summed E-state index contributed by atoms with van der Waals surface area (Å²) in [6.07, 6.45) is -3.52. The lowest BCUT2D eigenvalue weighted by molar-refractivity contribution is -0.139. The molecule has 0 aliphatic carbocycles. The summed E-state index contributed by atoms with van der Waals surface area (Å²) in [7, 11) is -3.33. The van der Waals surface area contributed by atoms with E-state index in [1.807, 2.05) is 0 Å². The van der Waals surface area contributed by atoms with Crippen LogP contribution in [0.25, 0.3) is 0 Å². The molecule has 0 saturated heterocycles. The summed E-state index contributed by atoms with van der Waals surface area (Å²) in [5.41, 5.74) is -1.33. The third kappa shape index (κ3) is 3.78. The van der Waals surface area contributed by atoms with Crippen molar-refractivity contribution < 1.29 is 21.6 Å². The first-order valence-corrected chi connectivity index (χ1v) is 8.62. The molecule has 1 heterocycles. The van der Waals surface area contributed by atoms with Gasteiger partial charge in [0, 0.05) is 22.7 Å². The van der Waals surface area contributed by atoms with Gasteiger partial charge >= 0.3 is 6.18 Å². The lowest BCUT2D eigenvalue weighted by atomic mass is 10.2. The molecule has 2 aromatic rings. The number of sulfonamides is 1. The van der Waals surface area contributed by atoms with E-state index in [0.717, 1.165) is 19.2 Å². The smallest absolute Gasteiger partial charge is 0.253 e. The van der Waals surface area contributed by atoms with Crippen LogP contribution in [-0.2, 0) is 16.2 Å². The Labute approximate surface area is 144 Å². The maximum atomic E-state index is 13.1. The molecule has 4 nitrogen and oxygen atoms in total. The SMILES string of the molecule is CN(c1ccc(Br)cn1)S(=O)(=O)c1ccc(Cl)cc1C(F)(F)F. The summed E-state index contributed by atoms with van der Waals surface area (Å²) in [4.78, 5) is 2.98. The average molecular weight is 430 g/mol. The van der Waals surface area contributed by atoms with Crippen LogP contribution in [-0.4, -0.2) is 20.4 Å². The van der Waals surface area contributed by atoms with E-state index in [1.54, 1.807) is 0 Å². The Bertz CT molecular complexity index is 826. The van der Waals surface area contributed by atoms with Crippen molar-refractivity contribution in [2.45, 2.75) is 11.1 Å². The lowest BCUT2D eigenvalue weighted by Gasteiger charge is -2.21. The fourth-order valence-corrected chi connectivity index (χ4v) is 3.52. The number of rotatable bonds is 3. The van der Waals surface area contributed by atoms with Crippen LogP contribution in [0.2, 0.25) is 5.02 Å². The first kappa shape index (κ1) is 18.0. The number of halogens is 5. The van der Waals surface area contributed by atoms with E-state index in [1.165, 1.54) is 18.3 Å². The van der Waals surface area contributed by atoms with Crippen LogP contribution in [0.3, 0.4) is 0 Å². The predicted molar refractivity (Wildman–Crippen MR) is 84.0 cm³/mol. The minimum Gasteiger partial charge on any atom is -0.253 e. The molecular formula is C13H9BrClF3N2O2S. The van der Waals surface area contributed by atoms with Crippen molar-refractivity contribution in [3.63, 3.8) is 0 Å². The average Bonchev–Trinajstić information content (AvgIpc) is 2.46. The molecule has 124 valence electrons. The molecule has 0 N–H and O–H groups in total. The number of aromatic nitrogens is 1. The molecule has 0 radical (unpaired) electrons. The number of pyridine rings is 1. The van der Waals surface area contributed by atoms with Crippen LogP contribution in [0.4, 0.5) is 19.0 Å². The van der Waals surface area contributed by atoms with Crippen LogP contribution in [0.15, 0.2) is 45.9 Å². The quantitative estimate of drug-likeness (QED) is 0.729. The Balaban J connectivity index is 2.58. The van der Waals surface area contributed by atoms with Crippen molar-refractivity contribution in [2.24, 2.45) is 0 Å². The second-order valence-corrected chi connectivity index (χ2v) is 7.74. The number of alkyl halides is 3. The van der Waals surface area contributed by atoms with E-state index >= 15 is 0 Å². The summed E-state index contributed by atoms with van der Waals surface area (Å²) in [5, 5.41) is -0.208. The van der Waals surface area contributed by atoms with E-state index < -0.39 is 26.7 Å². The minimum atomic E-state index is -4.86. The number of hydrogen-bond donors (Lipinski definition) is 0. The summed E-state index contributed by atoms with van der Waals surface area (Å²) in [6, 6.07) is 5.39. The molecule has 0 bridgehead atoms. The zero-order valence-corrected chi connectivity index (χ0v) is 14.6.